The van der Waals surface area contributed by atoms with Crippen LogP contribution >= 0.6 is 11.8 Å². The van der Waals surface area contributed by atoms with Crippen LogP contribution in [0.3, 0.4) is 0 Å². The van der Waals surface area contributed by atoms with Gasteiger partial charge in [0, 0.05) is 17.7 Å². The minimum Gasteiger partial charge on any atom is -0.463 e. The fourth-order valence-corrected chi connectivity index (χ4v) is 4.16. The van der Waals surface area contributed by atoms with Crippen molar-refractivity contribution in [3.05, 3.63) is 48.4 Å². The van der Waals surface area contributed by atoms with E-state index in [2.05, 4.69) is 22.1 Å². The van der Waals surface area contributed by atoms with Gasteiger partial charge in [0.1, 0.15) is 0 Å². The van der Waals surface area contributed by atoms with Gasteiger partial charge < -0.3 is 9.15 Å². The van der Waals surface area contributed by atoms with Gasteiger partial charge in [0.2, 0.25) is 23.2 Å². The summed E-state index contributed by atoms with van der Waals surface area (Å²) in [5, 5.41) is 9.28. The lowest BCUT2D eigenvalue weighted by molar-refractivity contribution is -0.120. The molecule has 3 heterocycles. The van der Waals surface area contributed by atoms with E-state index in [-0.39, 0.29) is 5.91 Å². The highest BCUT2D eigenvalue weighted by atomic mass is 32.2. The van der Waals surface area contributed by atoms with Crippen LogP contribution in [0.2, 0.25) is 0 Å². The van der Waals surface area contributed by atoms with E-state index in [9.17, 15) is 4.79 Å². The molecule has 1 aliphatic rings. The van der Waals surface area contributed by atoms with Gasteiger partial charge in [-0.1, -0.05) is 50.2 Å². The number of carbonyl (C=O) groups excluding carboxylic acids is 1. The first-order valence-corrected chi connectivity index (χ1v) is 11.2. The maximum Gasteiger partial charge on any atom is 0.247 e. The lowest BCUT2D eigenvalue weighted by atomic mass is 10.1. The summed E-state index contributed by atoms with van der Waals surface area (Å²) >= 11 is 1.55. The van der Waals surface area contributed by atoms with Gasteiger partial charge in [-0.15, -0.1) is 10.2 Å². The van der Waals surface area contributed by atoms with Gasteiger partial charge in [-0.3, -0.25) is 9.69 Å². The molecule has 2 aromatic heterocycles. The van der Waals surface area contributed by atoms with Crippen LogP contribution in [0.5, 0.6) is 5.88 Å². The number of rotatable bonds is 7. The average molecular weight is 425 g/mol. The van der Waals surface area contributed by atoms with Crippen molar-refractivity contribution in [1.29, 1.82) is 0 Å². The number of carbonyl (C=O) groups is 1. The van der Waals surface area contributed by atoms with Crippen LogP contribution in [0.4, 0.5) is 5.69 Å². The predicted octanol–water partition coefficient (Wildman–Crippen LogP) is 5.25. The van der Waals surface area contributed by atoms with E-state index in [1.165, 1.54) is 0 Å². The highest BCUT2D eigenvalue weighted by molar-refractivity contribution is 7.99. The molecule has 7 nitrogen and oxygen atoms in total. The quantitative estimate of drug-likeness (QED) is 0.378. The molecule has 156 valence electrons. The molecule has 0 bridgehead atoms. The third-order valence-electron chi connectivity index (χ3n) is 4.76. The number of hydrogen-bond donors (Lipinski definition) is 0. The Bertz CT molecular complexity index is 1010. The molecule has 1 unspecified atom stereocenters. The SMILES string of the molecule is CCCCSc1nnc2c(n1)OC(c1ccco1)N(C(=O)CCC)c1ccccc1-2. The Kier molecular flexibility index (Phi) is 6.32. The molecule has 0 N–H and O–H groups in total. The third kappa shape index (κ3) is 4.05. The predicted molar refractivity (Wildman–Crippen MR) is 115 cm³/mol. The van der Waals surface area contributed by atoms with E-state index < -0.39 is 6.23 Å². The molecule has 0 radical (unpaired) electrons. The van der Waals surface area contributed by atoms with E-state index in [0.717, 1.165) is 30.6 Å². The summed E-state index contributed by atoms with van der Waals surface area (Å²) in [6, 6.07) is 11.2. The Hall–Kier alpha value is -2.87. The molecular formula is C22H24N4O3S. The normalized spacial score (nSPS) is 15.1. The minimum atomic E-state index is -0.772. The zero-order valence-corrected chi connectivity index (χ0v) is 17.9. The van der Waals surface area contributed by atoms with E-state index in [1.807, 2.05) is 31.2 Å². The molecule has 30 heavy (non-hydrogen) atoms. The zero-order valence-electron chi connectivity index (χ0n) is 17.1. The van der Waals surface area contributed by atoms with Gasteiger partial charge in [0.05, 0.1) is 12.0 Å². The lowest BCUT2D eigenvalue weighted by Gasteiger charge is -2.29. The second kappa shape index (κ2) is 9.30. The van der Waals surface area contributed by atoms with Crippen LogP contribution in [0, 0.1) is 0 Å². The largest absolute Gasteiger partial charge is 0.463 e. The molecule has 3 aromatic rings. The standard InChI is InChI=1S/C22H24N4O3S/c1-3-5-14-30-22-23-20-19(24-25-22)15-10-6-7-11-16(15)26(18(27)9-4-2)21(29-20)17-12-8-13-28-17/h6-8,10-13,21H,3-5,9,14H2,1-2H3. The van der Waals surface area contributed by atoms with Crippen molar-refractivity contribution in [1.82, 2.24) is 15.2 Å². The number of amides is 1. The van der Waals surface area contributed by atoms with Crippen molar-refractivity contribution >= 4 is 23.4 Å². The van der Waals surface area contributed by atoms with Crippen molar-refractivity contribution in [2.45, 2.75) is 50.9 Å². The van der Waals surface area contributed by atoms with Crippen LogP contribution in [0.1, 0.15) is 51.5 Å². The smallest absolute Gasteiger partial charge is 0.247 e. The Labute approximate surface area is 179 Å². The molecule has 0 saturated carbocycles. The van der Waals surface area contributed by atoms with Gasteiger partial charge in [0.15, 0.2) is 11.5 Å². The first kappa shape index (κ1) is 20.4. The van der Waals surface area contributed by atoms with Crippen LogP contribution in [0.25, 0.3) is 11.3 Å². The molecule has 8 heteroatoms. The number of aromatic nitrogens is 3. The fraction of sp³-hybridized carbons (Fsp3) is 0.364. The average Bonchev–Trinajstić information content (AvgIpc) is 3.24. The molecule has 1 aliphatic heterocycles. The lowest BCUT2D eigenvalue weighted by Crippen LogP contribution is -2.37. The molecule has 0 spiro atoms. The molecule has 0 aliphatic carbocycles. The summed E-state index contributed by atoms with van der Waals surface area (Å²) in [5.74, 6) is 1.74. The second-order valence-electron chi connectivity index (χ2n) is 6.97. The van der Waals surface area contributed by atoms with Crippen molar-refractivity contribution in [2.75, 3.05) is 10.7 Å². The van der Waals surface area contributed by atoms with Crippen molar-refractivity contribution in [3.8, 4) is 17.1 Å². The number of nitrogens with zero attached hydrogens (tertiary/aromatic N) is 4. The summed E-state index contributed by atoms with van der Waals surface area (Å²) in [6.45, 7) is 4.12. The molecule has 4 rings (SSSR count). The highest BCUT2D eigenvalue weighted by Gasteiger charge is 2.36. The molecule has 0 saturated heterocycles. The van der Waals surface area contributed by atoms with Gasteiger partial charge in [-0.2, -0.15) is 4.98 Å². The van der Waals surface area contributed by atoms with Crippen LogP contribution in [-0.2, 0) is 4.79 Å². The Morgan fingerprint density at radius 2 is 2.00 bits per heavy atom. The summed E-state index contributed by atoms with van der Waals surface area (Å²) in [7, 11) is 0. The van der Waals surface area contributed by atoms with E-state index >= 15 is 0 Å². The number of thioether (sulfide) groups is 1. The summed E-state index contributed by atoms with van der Waals surface area (Å²) in [5.41, 5.74) is 1.99. The van der Waals surface area contributed by atoms with Gasteiger partial charge in [-0.25, -0.2) is 0 Å². The number of benzene rings is 1. The first-order chi connectivity index (χ1) is 14.7. The number of anilines is 1. The maximum atomic E-state index is 13.2. The summed E-state index contributed by atoms with van der Waals surface area (Å²) in [4.78, 5) is 19.4. The number of hydrogen-bond acceptors (Lipinski definition) is 7. The highest BCUT2D eigenvalue weighted by Crippen LogP contribution is 2.43. The summed E-state index contributed by atoms with van der Waals surface area (Å²) in [6.07, 6.45) is 4.09. The Morgan fingerprint density at radius 1 is 1.13 bits per heavy atom. The van der Waals surface area contributed by atoms with Crippen molar-refractivity contribution in [3.63, 3.8) is 0 Å². The van der Waals surface area contributed by atoms with Crippen LogP contribution in [0.15, 0.2) is 52.2 Å². The molecule has 0 fully saturated rings. The Morgan fingerprint density at radius 3 is 2.77 bits per heavy atom. The number of furan rings is 1. The van der Waals surface area contributed by atoms with E-state index in [1.54, 1.807) is 35.1 Å². The van der Waals surface area contributed by atoms with Gasteiger partial charge >= 0.3 is 0 Å². The minimum absolute atomic E-state index is 0.0512. The van der Waals surface area contributed by atoms with Crippen LogP contribution in [-0.4, -0.2) is 26.8 Å². The van der Waals surface area contributed by atoms with Crippen LogP contribution < -0.4 is 9.64 Å². The summed E-state index contributed by atoms with van der Waals surface area (Å²) < 4.78 is 11.9. The molecular weight excluding hydrogens is 400 g/mol. The van der Waals surface area contributed by atoms with E-state index in [0.29, 0.717) is 34.6 Å². The second-order valence-corrected chi connectivity index (χ2v) is 8.03. The van der Waals surface area contributed by atoms with Gasteiger partial charge in [0.25, 0.3) is 0 Å². The molecule has 1 amide bonds. The fourth-order valence-electron chi connectivity index (χ4n) is 3.30. The maximum absolute atomic E-state index is 13.2. The number of ether oxygens (including phenoxy) is 1. The Balaban J connectivity index is 1.83. The molecule has 1 atom stereocenters. The number of para-hydroxylation sites is 1. The molecule has 1 aromatic carbocycles. The van der Waals surface area contributed by atoms with Gasteiger partial charge in [-0.05, 0) is 31.0 Å². The number of unbranched alkanes of at least 4 members (excludes halogenated alkanes) is 1. The van der Waals surface area contributed by atoms with Crippen molar-refractivity contribution in [2.24, 2.45) is 0 Å². The van der Waals surface area contributed by atoms with E-state index in [4.69, 9.17) is 9.15 Å². The van der Waals surface area contributed by atoms with Crippen molar-refractivity contribution < 1.29 is 13.9 Å². The zero-order chi connectivity index (χ0) is 20.9. The monoisotopic (exact) mass is 424 g/mol. The number of fused-ring (bicyclic) bond motifs is 3. The third-order valence-corrected chi connectivity index (χ3v) is 5.68. The first-order valence-electron chi connectivity index (χ1n) is 10.2. The topological polar surface area (TPSA) is 81.3 Å².